The van der Waals surface area contributed by atoms with Crippen molar-refractivity contribution in [2.24, 2.45) is 10.9 Å². The van der Waals surface area contributed by atoms with Gasteiger partial charge in [0.25, 0.3) is 0 Å². The van der Waals surface area contributed by atoms with E-state index in [1.165, 1.54) is 37.7 Å². The van der Waals surface area contributed by atoms with Crippen LogP contribution in [-0.2, 0) is 6.42 Å². The third kappa shape index (κ3) is 5.97. The van der Waals surface area contributed by atoms with Gasteiger partial charge in [-0.2, -0.15) is 0 Å². The van der Waals surface area contributed by atoms with Crippen LogP contribution in [0.4, 0.5) is 0 Å². The number of aryl methyl sites for hydroxylation is 2. The van der Waals surface area contributed by atoms with Crippen molar-refractivity contribution in [2.45, 2.75) is 65.3 Å². The molecule has 0 aromatic carbocycles. The molecule has 0 radical (unpaired) electrons. The third-order valence-electron chi connectivity index (χ3n) is 4.77. The molecule has 0 bridgehead atoms. The molecule has 2 rings (SSSR count). The van der Waals surface area contributed by atoms with E-state index in [0.29, 0.717) is 6.04 Å². The fraction of sp³-hybridized carbons (Fsp3) is 0.765. The van der Waals surface area contributed by atoms with Gasteiger partial charge in [-0.15, -0.1) is 24.0 Å². The predicted octanol–water partition coefficient (Wildman–Crippen LogP) is 3.59. The Labute approximate surface area is 157 Å². The van der Waals surface area contributed by atoms with Crippen LogP contribution in [0.3, 0.4) is 0 Å². The number of aromatic nitrogens is 1. The molecule has 1 aliphatic rings. The Morgan fingerprint density at radius 1 is 1.35 bits per heavy atom. The largest absolute Gasteiger partial charge is 0.361 e. The molecule has 2 unspecified atom stereocenters. The third-order valence-corrected chi connectivity index (χ3v) is 4.77. The van der Waals surface area contributed by atoms with Crippen LogP contribution in [0.1, 0.15) is 56.0 Å². The van der Waals surface area contributed by atoms with Crippen molar-refractivity contribution in [2.75, 3.05) is 13.6 Å². The molecule has 6 heteroatoms. The second-order valence-corrected chi connectivity index (χ2v) is 6.33. The van der Waals surface area contributed by atoms with Crippen molar-refractivity contribution in [3.63, 3.8) is 0 Å². The molecule has 1 aliphatic carbocycles. The Morgan fingerprint density at radius 2 is 2.13 bits per heavy atom. The lowest BCUT2D eigenvalue weighted by atomic mass is 9.84. The standard InChI is InChI=1S/C17H30N4O.HI/c1-5-14-7-6-8-15(11-14)20-17(18-4)19-10-9-16-12(2)21-22-13(16)3;/h14-15H,5-11H2,1-4H3,(H2,18,19,20);1H. The maximum absolute atomic E-state index is 5.20. The van der Waals surface area contributed by atoms with Crippen molar-refractivity contribution in [1.82, 2.24) is 15.8 Å². The van der Waals surface area contributed by atoms with Crippen LogP contribution >= 0.6 is 24.0 Å². The van der Waals surface area contributed by atoms with E-state index in [1.807, 2.05) is 20.9 Å². The number of hydrogen-bond acceptors (Lipinski definition) is 3. The number of halogens is 1. The number of guanidine groups is 1. The highest BCUT2D eigenvalue weighted by Crippen LogP contribution is 2.26. The molecule has 0 amide bonds. The molecule has 5 nitrogen and oxygen atoms in total. The molecule has 23 heavy (non-hydrogen) atoms. The maximum Gasteiger partial charge on any atom is 0.191 e. The highest BCUT2D eigenvalue weighted by atomic mass is 127. The number of rotatable bonds is 5. The second kappa shape index (κ2) is 10.2. The Morgan fingerprint density at radius 3 is 2.74 bits per heavy atom. The van der Waals surface area contributed by atoms with Crippen LogP contribution in [0.2, 0.25) is 0 Å². The number of nitrogens with zero attached hydrogens (tertiary/aromatic N) is 2. The van der Waals surface area contributed by atoms with Gasteiger partial charge in [0.05, 0.1) is 5.69 Å². The second-order valence-electron chi connectivity index (χ2n) is 6.33. The van der Waals surface area contributed by atoms with Crippen molar-refractivity contribution in [3.8, 4) is 0 Å². The van der Waals surface area contributed by atoms with E-state index in [-0.39, 0.29) is 24.0 Å². The van der Waals surface area contributed by atoms with E-state index in [9.17, 15) is 0 Å². The average molecular weight is 434 g/mol. The van der Waals surface area contributed by atoms with Crippen LogP contribution in [0.15, 0.2) is 9.52 Å². The molecule has 132 valence electrons. The van der Waals surface area contributed by atoms with E-state index >= 15 is 0 Å². The van der Waals surface area contributed by atoms with Crippen molar-refractivity contribution in [1.29, 1.82) is 0 Å². The van der Waals surface area contributed by atoms with Gasteiger partial charge in [0.1, 0.15) is 5.76 Å². The minimum atomic E-state index is 0. The summed E-state index contributed by atoms with van der Waals surface area (Å²) in [6.07, 6.45) is 7.42. The Bertz CT molecular complexity index is 481. The van der Waals surface area contributed by atoms with Crippen LogP contribution in [-0.4, -0.2) is 30.8 Å². The molecule has 1 aromatic rings. The monoisotopic (exact) mass is 434 g/mol. The summed E-state index contributed by atoms with van der Waals surface area (Å²) in [7, 11) is 1.84. The first-order chi connectivity index (χ1) is 10.6. The van der Waals surface area contributed by atoms with Gasteiger partial charge >= 0.3 is 0 Å². The lowest BCUT2D eigenvalue weighted by molar-refractivity contribution is 0.298. The zero-order valence-electron chi connectivity index (χ0n) is 14.8. The summed E-state index contributed by atoms with van der Waals surface area (Å²) >= 11 is 0. The normalized spacial score (nSPS) is 21.7. The SMILES string of the molecule is CCC1CCCC(NC(=NC)NCCc2c(C)noc2C)C1.I. The molecule has 2 N–H and O–H groups in total. The summed E-state index contributed by atoms with van der Waals surface area (Å²) in [5, 5.41) is 11.0. The zero-order valence-corrected chi connectivity index (χ0v) is 17.1. The number of aliphatic imine (C=N–C) groups is 1. The molecule has 0 spiro atoms. The van der Waals surface area contributed by atoms with Crippen molar-refractivity contribution in [3.05, 3.63) is 17.0 Å². The molecule has 1 aromatic heterocycles. The molecular weight excluding hydrogens is 403 g/mol. The Kier molecular flexibility index (Phi) is 8.94. The van der Waals surface area contributed by atoms with E-state index in [2.05, 4.69) is 27.7 Å². The molecule has 1 heterocycles. The van der Waals surface area contributed by atoms with Gasteiger partial charge in [0.15, 0.2) is 5.96 Å². The topological polar surface area (TPSA) is 62.5 Å². The average Bonchev–Trinajstić information content (AvgIpc) is 2.85. The molecule has 1 saturated carbocycles. The molecule has 1 fully saturated rings. The number of hydrogen-bond donors (Lipinski definition) is 2. The number of nitrogens with one attached hydrogen (secondary N) is 2. The fourth-order valence-corrected chi connectivity index (χ4v) is 3.35. The lowest BCUT2D eigenvalue weighted by Crippen LogP contribution is -2.45. The van der Waals surface area contributed by atoms with Crippen LogP contribution in [0.5, 0.6) is 0 Å². The van der Waals surface area contributed by atoms with Gasteiger partial charge < -0.3 is 15.2 Å². The predicted molar refractivity (Wildman–Crippen MR) is 106 cm³/mol. The van der Waals surface area contributed by atoms with Crippen molar-refractivity contribution < 1.29 is 4.52 Å². The summed E-state index contributed by atoms with van der Waals surface area (Å²) in [5.74, 6) is 2.69. The zero-order chi connectivity index (χ0) is 15.9. The van der Waals surface area contributed by atoms with E-state index in [1.54, 1.807) is 0 Å². The van der Waals surface area contributed by atoms with E-state index in [4.69, 9.17) is 4.52 Å². The van der Waals surface area contributed by atoms with Gasteiger partial charge in [-0.3, -0.25) is 4.99 Å². The molecule has 0 saturated heterocycles. The molecule has 0 aliphatic heterocycles. The minimum absolute atomic E-state index is 0. The summed E-state index contributed by atoms with van der Waals surface area (Å²) in [6.45, 7) is 7.09. The molecular formula is C17H31IN4O. The first-order valence-corrected chi connectivity index (χ1v) is 8.53. The molecule has 2 atom stereocenters. The summed E-state index contributed by atoms with van der Waals surface area (Å²) in [4.78, 5) is 4.35. The quantitative estimate of drug-likeness (QED) is 0.423. The van der Waals surface area contributed by atoms with Gasteiger partial charge in [-0.1, -0.05) is 31.3 Å². The Balaban J connectivity index is 0.00000264. The maximum atomic E-state index is 5.20. The minimum Gasteiger partial charge on any atom is -0.361 e. The van der Waals surface area contributed by atoms with Crippen molar-refractivity contribution >= 4 is 29.9 Å². The fourth-order valence-electron chi connectivity index (χ4n) is 3.35. The lowest BCUT2D eigenvalue weighted by Gasteiger charge is -2.30. The summed E-state index contributed by atoms with van der Waals surface area (Å²) in [5.41, 5.74) is 2.19. The Hall–Kier alpha value is -0.790. The highest BCUT2D eigenvalue weighted by Gasteiger charge is 2.21. The van der Waals surface area contributed by atoms with E-state index in [0.717, 1.165) is 36.3 Å². The first kappa shape index (κ1) is 20.3. The van der Waals surface area contributed by atoms with E-state index < -0.39 is 0 Å². The van der Waals surface area contributed by atoms with Crippen LogP contribution in [0.25, 0.3) is 0 Å². The van der Waals surface area contributed by atoms with Gasteiger partial charge in [-0.05, 0) is 39.0 Å². The van der Waals surface area contributed by atoms with Crippen LogP contribution in [0, 0.1) is 19.8 Å². The highest BCUT2D eigenvalue weighted by molar-refractivity contribution is 14.0. The smallest absolute Gasteiger partial charge is 0.191 e. The summed E-state index contributed by atoms with van der Waals surface area (Å²) < 4.78 is 5.20. The van der Waals surface area contributed by atoms with Gasteiger partial charge in [-0.25, -0.2) is 0 Å². The van der Waals surface area contributed by atoms with Crippen LogP contribution < -0.4 is 10.6 Å². The van der Waals surface area contributed by atoms with Gasteiger partial charge in [0.2, 0.25) is 0 Å². The first-order valence-electron chi connectivity index (χ1n) is 8.53. The summed E-state index contributed by atoms with van der Waals surface area (Å²) in [6, 6.07) is 0.559. The van der Waals surface area contributed by atoms with Gasteiger partial charge in [0, 0.05) is 25.2 Å².